The molecule has 6 nitrogen and oxygen atoms in total. The van der Waals surface area contributed by atoms with Crippen LogP contribution in [-0.4, -0.2) is 41.3 Å². The number of nitrogens with one attached hydrogen (secondary N) is 1. The van der Waals surface area contributed by atoms with Crippen molar-refractivity contribution in [2.45, 2.75) is 44.7 Å². The van der Waals surface area contributed by atoms with Gasteiger partial charge in [0.15, 0.2) is 5.96 Å². The minimum Gasteiger partial charge on any atom is -0.370 e. The lowest BCUT2D eigenvalue weighted by Crippen LogP contribution is -2.60. The Morgan fingerprint density at radius 2 is 2.06 bits per heavy atom. The first-order valence-electron chi connectivity index (χ1n) is 6.01. The number of carbonyl (C=O) groups is 2. The number of hydrogen-bond donors (Lipinski definition) is 2. The molecule has 0 aromatic heterocycles. The van der Waals surface area contributed by atoms with Gasteiger partial charge in [-0.05, 0) is 19.8 Å². The zero-order valence-electron chi connectivity index (χ0n) is 9.98. The summed E-state index contributed by atoms with van der Waals surface area (Å²) in [5.74, 6) is -0.323. The van der Waals surface area contributed by atoms with Crippen LogP contribution in [0.2, 0.25) is 0 Å². The predicted molar refractivity (Wildman–Crippen MR) is 63.2 cm³/mol. The standard InChI is InChI=1S/C11H18N4O2/c1-7-10(17)14-9(16)6-15(7)11(12)13-8-4-2-3-5-8/h7-8H,2-6H2,1H3,(H2,12,13)(H,14,16,17). The van der Waals surface area contributed by atoms with Crippen LogP contribution in [0, 0.1) is 0 Å². The first-order valence-corrected chi connectivity index (χ1v) is 6.01. The van der Waals surface area contributed by atoms with Gasteiger partial charge in [-0.15, -0.1) is 0 Å². The fourth-order valence-corrected chi connectivity index (χ4v) is 2.29. The van der Waals surface area contributed by atoms with E-state index in [2.05, 4.69) is 10.3 Å². The molecular formula is C11H18N4O2. The Balaban J connectivity index is 2.08. The Bertz CT molecular complexity index is 360. The summed E-state index contributed by atoms with van der Waals surface area (Å²) in [6, 6.07) is -0.180. The monoisotopic (exact) mass is 238 g/mol. The number of aliphatic imine (C=N–C) groups is 1. The van der Waals surface area contributed by atoms with E-state index in [9.17, 15) is 9.59 Å². The Kier molecular flexibility index (Phi) is 3.31. The van der Waals surface area contributed by atoms with Crippen molar-refractivity contribution in [2.75, 3.05) is 6.54 Å². The Labute approximate surface area is 100 Å². The maximum atomic E-state index is 11.5. The first kappa shape index (κ1) is 11.9. The Morgan fingerprint density at radius 3 is 2.71 bits per heavy atom. The molecule has 1 heterocycles. The molecular weight excluding hydrogens is 220 g/mol. The summed E-state index contributed by atoms with van der Waals surface area (Å²) in [6.07, 6.45) is 4.44. The van der Waals surface area contributed by atoms with Gasteiger partial charge in [0.05, 0.1) is 6.04 Å². The quantitative estimate of drug-likeness (QED) is 0.369. The highest BCUT2D eigenvalue weighted by Crippen LogP contribution is 2.21. The van der Waals surface area contributed by atoms with Crippen LogP contribution in [0.4, 0.5) is 0 Å². The van der Waals surface area contributed by atoms with E-state index in [0.29, 0.717) is 5.96 Å². The maximum Gasteiger partial charge on any atom is 0.249 e. The van der Waals surface area contributed by atoms with Gasteiger partial charge >= 0.3 is 0 Å². The van der Waals surface area contributed by atoms with Crippen molar-refractivity contribution in [3.05, 3.63) is 0 Å². The third-order valence-electron chi connectivity index (χ3n) is 3.36. The van der Waals surface area contributed by atoms with Gasteiger partial charge in [0.25, 0.3) is 0 Å². The molecule has 0 aromatic carbocycles. The minimum atomic E-state index is -0.433. The lowest BCUT2D eigenvalue weighted by Gasteiger charge is -2.32. The van der Waals surface area contributed by atoms with Crippen molar-refractivity contribution < 1.29 is 9.59 Å². The zero-order chi connectivity index (χ0) is 12.4. The average Bonchev–Trinajstić information content (AvgIpc) is 2.76. The molecule has 0 spiro atoms. The highest BCUT2D eigenvalue weighted by Gasteiger charge is 2.31. The molecule has 0 bridgehead atoms. The van der Waals surface area contributed by atoms with Gasteiger partial charge in [0.1, 0.15) is 12.6 Å². The first-order chi connectivity index (χ1) is 8.08. The lowest BCUT2D eigenvalue weighted by atomic mass is 10.2. The van der Waals surface area contributed by atoms with Gasteiger partial charge in [-0.25, -0.2) is 4.99 Å². The number of piperazine rings is 1. The number of hydrogen-bond acceptors (Lipinski definition) is 3. The predicted octanol–water partition coefficient (Wildman–Crippen LogP) is -0.409. The summed E-state index contributed by atoms with van der Waals surface area (Å²) >= 11 is 0. The molecule has 3 N–H and O–H groups in total. The molecule has 1 aliphatic carbocycles. The van der Waals surface area contributed by atoms with Crippen LogP contribution >= 0.6 is 0 Å². The van der Waals surface area contributed by atoms with Gasteiger partial charge in [-0.3, -0.25) is 14.9 Å². The zero-order valence-corrected chi connectivity index (χ0v) is 9.98. The average molecular weight is 238 g/mol. The number of guanidine groups is 1. The summed E-state index contributed by atoms with van der Waals surface area (Å²) in [5.41, 5.74) is 5.89. The molecule has 0 aromatic rings. The molecule has 0 radical (unpaired) electrons. The Morgan fingerprint density at radius 1 is 1.41 bits per heavy atom. The summed E-state index contributed by atoms with van der Waals surface area (Å²) in [6.45, 7) is 1.83. The molecule has 2 rings (SSSR count). The molecule has 1 aliphatic heterocycles. The number of nitrogens with two attached hydrogens (primary N) is 1. The van der Waals surface area contributed by atoms with Crippen LogP contribution in [0.5, 0.6) is 0 Å². The smallest absolute Gasteiger partial charge is 0.249 e. The van der Waals surface area contributed by atoms with Crippen molar-refractivity contribution in [3.63, 3.8) is 0 Å². The SMILES string of the molecule is CC1C(=O)NC(=O)CN1C(N)=NC1CCCC1. The second-order valence-electron chi connectivity index (χ2n) is 4.64. The second kappa shape index (κ2) is 4.73. The number of imide groups is 1. The van der Waals surface area contributed by atoms with E-state index < -0.39 is 6.04 Å². The van der Waals surface area contributed by atoms with E-state index in [1.54, 1.807) is 11.8 Å². The van der Waals surface area contributed by atoms with E-state index in [1.165, 1.54) is 12.8 Å². The molecule has 6 heteroatoms. The summed E-state index contributed by atoms with van der Waals surface area (Å²) in [7, 11) is 0. The largest absolute Gasteiger partial charge is 0.370 e. The van der Waals surface area contributed by atoms with Gasteiger partial charge < -0.3 is 10.6 Å². The van der Waals surface area contributed by atoms with Gasteiger partial charge in [0.2, 0.25) is 11.8 Å². The number of rotatable bonds is 1. The number of carbonyl (C=O) groups excluding carboxylic acids is 2. The number of amides is 2. The third-order valence-corrected chi connectivity index (χ3v) is 3.36. The van der Waals surface area contributed by atoms with Gasteiger partial charge in [-0.2, -0.15) is 0 Å². The highest BCUT2D eigenvalue weighted by molar-refractivity contribution is 6.04. The third kappa shape index (κ3) is 2.57. The molecule has 1 saturated carbocycles. The van der Waals surface area contributed by atoms with E-state index in [1.807, 2.05) is 0 Å². The van der Waals surface area contributed by atoms with Crippen molar-refractivity contribution >= 4 is 17.8 Å². The van der Waals surface area contributed by atoms with Crippen molar-refractivity contribution in [1.29, 1.82) is 0 Å². The normalized spacial score (nSPS) is 27.5. The molecule has 2 amide bonds. The van der Waals surface area contributed by atoms with Crippen molar-refractivity contribution in [3.8, 4) is 0 Å². The highest BCUT2D eigenvalue weighted by atomic mass is 16.2. The van der Waals surface area contributed by atoms with Crippen LogP contribution < -0.4 is 11.1 Å². The fraction of sp³-hybridized carbons (Fsp3) is 0.727. The second-order valence-corrected chi connectivity index (χ2v) is 4.64. The molecule has 1 atom stereocenters. The molecule has 1 saturated heterocycles. The van der Waals surface area contributed by atoms with E-state index in [4.69, 9.17) is 5.73 Å². The minimum absolute atomic E-state index is 0.106. The summed E-state index contributed by atoms with van der Waals surface area (Å²) in [5, 5.41) is 2.28. The maximum absolute atomic E-state index is 11.5. The number of nitrogens with zero attached hydrogens (tertiary/aromatic N) is 2. The van der Waals surface area contributed by atoms with Crippen LogP contribution in [0.15, 0.2) is 4.99 Å². The lowest BCUT2D eigenvalue weighted by molar-refractivity contribution is -0.137. The molecule has 94 valence electrons. The van der Waals surface area contributed by atoms with Crippen molar-refractivity contribution in [1.82, 2.24) is 10.2 Å². The summed E-state index contributed by atoms with van der Waals surface area (Å²) in [4.78, 5) is 28.7. The molecule has 1 unspecified atom stereocenters. The van der Waals surface area contributed by atoms with Gasteiger partial charge in [0, 0.05) is 0 Å². The molecule has 17 heavy (non-hydrogen) atoms. The van der Waals surface area contributed by atoms with E-state index >= 15 is 0 Å². The summed E-state index contributed by atoms with van der Waals surface area (Å²) < 4.78 is 0. The van der Waals surface area contributed by atoms with Crippen LogP contribution in [-0.2, 0) is 9.59 Å². The Hall–Kier alpha value is -1.59. The topological polar surface area (TPSA) is 87.8 Å². The van der Waals surface area contributed by atoms with Crippen LogP contribution in [0.1, 0.15) is 32.6 Å². The van der Waals surface area contributed by atoms with E-state index in [-0.39, 0.29) is 24.4 Å². The van der Waals surface area contributed by atoms with E-state index in [0.717, 1.165) is 12.8 Å². The molecule has 2 fully saturated rings. The molecule has 2 aliphatic rings. The van der Waals surface area contributed by atoms with Crippen LogP contribution in [0.3, 0.4) is 0 Å². The van der Waals surface area contributed by atoms with Gasteiger partial charge in [-0.1, -0.05) is 12.8 Å². The van der Waals surface area contributed by atoms with Crippen molar-refractivity contribution in [2.24, 2.45) is 10.7 Å². The van der Waals surface area contributed by atoms with Crippen LogP contribution in [0.25, 0.3) is 0 Å². The fourth-order valence-electron chi connectivity index (χ4n) is 2.29.